The summed E-state index contributed by atoms with van der Waals surface area (Å²) in [6.45, 7) is 5.53. The summed E-state index contributed by atoms with van der Waals surface area (Å²) >= 11 is 0. The molecule has 1 aliphatic carbocycles. The van der Waals surface area contributed by atoms with Gasteiger partial charge in [0.25, 0.3) is 5.91 Å². The maximum absolute atomic E-state index is 14.5. The molecular formula is C33H43N5O4. The number of amides is 1. The summed E-state index contributed by atoms with van der Waals surface area (Å²) in [6, 6.07) is 18.3. The number of hydrogen-bond acceptors (Lipinski definition) is 7. The maximum atomic E-state index is 14.5. The second-order valence-corrected chi connectivity index (χ2v) is 11.8. The van der Waals surface area contributed by atoms with Gasteiger partial charge in [-0.2, -0.15) is 0 Å². The standard InChI is InChI=1S/C33H43N5O4/c1-41-23-33(40)14-8-7-13-29(33)38-24-35-30(31(38)25-9-3-2-4-10-25)32(39)37-16-15-34-22-27(37)21-26-11-5-6-12-28(26)36-17-19-42-20-18-36/h2-6,9-12,24,27,29,34,40H,7-8,13-23H2,1H3/t27-,29-,33?/m1/s1. The number of nitrogens with one attached hydrogen (secondary N) is 1. The number of hydrogen-bond donors (Lipinski definition) is 2. The largest absolute Gasteiger partial charge is 0.385 e. The minimum absolute atomic E-state index is 0.0117. The van der Waals surface area contributed by atoms with Gasteiger partial charge in [0.2, 0.25) is 0 Å². The number of ether oxygens (including phenoxy) is 2. The van der Waals surface area contributed by atoms with Gasteiger partial charge in [0, 0.05) is 57.1 Å². The van der Waals surface area contributed by atoms with Crippen LogP contribution in [0.25, 0.3) is 11.3 Å². The number of aliphatic hydroxyl groups is 1. The molecule has 2 saturated heterocycles. The van der Waals surface area contributed by atoms with E-state index >= 15 is 0 Å². The first-order valence-corrected chi connectivity index (χ1v) is 15.3. The summed E-state index contributed by atoms with van der Waals surface area (Å²) < 4.78 is 13.1. The van der Waals surface area contributed by atoms with E-state index in [-0.39, 0.29) is 24.6 Å². The SMILES string of the molecule is COCC1(O)CCCC[C@H]1n1cnc(C(=O)N2CCNC[C@H]2Cc2ccccc2N2CCOCC2)c1-c1ccccc1. The van der Waals surface area contributed by atoms with Gasteiger partial charge in [-0.3, -0.25) is 4.79 Å². The van der Waals surface area contributed by atoms with Crippen LogP contribution in [0.15, 0.2) is 60.9 Å². The van der Waals surface area contributed by atoms with E-state index in [0.717, 1.165) is 76.3 Å². The summed E-state index contributed by atoms with van der Waals surface area (Å²) in [5.74, 6) is -0.0611. The molecule has 0 spiro atoms. The molecule has 2 aromatic carbocycles. The Hall–Kier alpha value is -3.24. The fourth-order valence-electron chi connectivity index (χ4n) is 7.05. The van der Waals surface area contributed by atoms with Crippen LogP contribution in [0.1, 0.15) is 47.8 Å². The molecule has 3 aliphatic rings. The van der Waals surface area contributed by atoms with E-state index in [1.807, 2.05) is 39.8 Å². The highest BCUT2D eigenvalue weighted by Crippen LogP contribution is 2.41. The Balaban J connectivity index is 1.34. The highest BCUT2D eigenvalue weighted by atomic mass is 16.5. The Morgan fingerprint density at radius 1 is 1.10 bits per heavy atom. The van der Waals surface area contributed by atoms with Crippen molar-refractivity contribution in [1.82, 2.24) is 19.8 Å². The Morgan fingerprint density at radius 3 is 2.69 bits per heavy atom. The van der Waals surface area contributed by atoms with E-state index in [1.54, 1.807) is 13.4 Å². The van der Waals surface area contributed by atoms with Gasteiger partial charge in [-0.05, 0) is 30.9 Å². The predicted molar refractivity (Wildman–Crippen MR) is 163 cm³/mol. The Kier molecular flexibility index (Phi) is 8.90. The van der Waals surface area contributed by atoms with Gasteiger partial charge < -0.3 is 34.3 Å². The normalized spacial score (nSPS) is 25.0. The molecule has 3 fully saturated rings. The van der Waals surface area contributed by atoms with Gasteiger partial charge in [-0.25, -0.2) is 4.98 Å². The number of carbonyl (C=O) groups is 1. The van der Waals surface area contributed by atoms with E-state index in [1.165, 1.54) is 11.3 Å². The van der Waals surface area contributed by atoms with E-state index in [9.17, 15) is 9.90 Å². The molecule has 9 heteroatoms. The molecule has 3 atom stereocenters. The second kappa shape index (κ2) is 13.0. The van der Waals surface area contributed by atoms with Crippen LogP contribution in [-0.2, 0) is 15.9 Å². The zero-order valence-electron chi connectivity index (χ0n) is 24.6. The maximum Gasteiger partial charge on any atom is 0.275 e. The van der Waals surface area contributed by atoms with Crippen molar-refractivity contribution in [3.63, 3.8) is 0 Å². The number of rotatable bonds is 8. The molecule has 1 aromatic heterocycles. The Bertz CT molecular complexity index is 1340. The van der Waals surface area contributed by atoms with Gasteiger partial charge in [0.15, 0.2) is 5.69 Å². The van der Waals surface area contributed by atoms with Crippen molar-refractivity contribution in [3.05, 3.63) is 72.2 Å². The number of methoxy groups -OCH3 is 1. The predicted octanol–water partition coefficient (Wildman–Crippen LogP) is 3.54. The van der Waals surface area contributed by atoms with Crippen molar-refractivity contribution in [1.29, 1.82) is 0 Å². The molecule has 3 aromatic rings. The van der Waals surface area contributed by atoms with Crippen LogP contribution in [0.5, 0.6) is 0 Å². The molecule has 224 valence electrons. The molecule has 2 N–H and O–H groups in total. The monoisotopic (exact) mass is 573 g/mol. The van der Waals surface area contributed by atoms with Crippen LogP contribution in [0.2, 0.25) is 0 Å². The second-order valence-electron chi connectivity index (χ2n) is 11.8. The van der Waals surface area contributed by atoms with Crippen LogP contribution < -0.4 is 10.2 Å². The molecule has 42 heavy (non-hydrogen) atoms. The topological polar surface area (TPSA) is 92.1 Å². The zero-order valence-corrected chi connectivity index (χ0v) is 24.6. The minimum Gasteiger partial charge on any atom is -0.385 e. The van der Waals surface area contributed by atoms with Crippen molar-refractivity contribution in [2.45, 2.75) is 49.8 Å². The number of benzene rings is 2. The number of nitrogens with zero attached hydrogens (tertiary/aromatic N) is 4. The number of imidazole rings is 1. The molecule has 3 heterocycles. The van der Waals surface area contributed by atoms with Gasteiger partial charge in [-0.15, -0.1) is 0 Å². The number of carbonyl (C=O) groups excluding carboxylic acids is 1. The number of morpholine rings is 1. The van der Waals surface area contributed by atoms with Crippen LogP contribution in [-0.4, -0.2) is 96.8 Å². The Labute approximate surface area is 248 Å². The number of anilines is 1. The summed E-state index contributed by atoms with van der Waals surface area (Å²) in [7, 11) is 1.63. The third-order valence-corrected chi connectivity index (χ3v) is 9.14. The lowest BCUT2D eigenvalue weighted by Gasteiger charge is -2.41. The highest BCUT2D eigenvalue weighted by molar-refractivity contribution is 5.98. The third kappa shape index (κ3) is 5.83. The Morgan fingerprint density at radius 2 is 1.88 bits per heavy atom. The number of aromatic nitrogens is 2. The van der Waals surface area contributed by atoms with Crippen LogP contribution >= 0.6 is 0 Å². The average Bonchev–Trinajstić information content (AvgIpc) is 3.47. The van der Waals surface area contributed by atoms with Crippen molar-refractivity contribution in [2.24, 2.45) is 0 Å². The van der Waals surface area contributed by atoms with Gasteiger partial charge in [-0.1, -0.05) is 61.4 Å². The lowest BCUT2D eigenvalue weighted by atomic mass is 9.80. The molecule has 1 unspecified atom stereocenters. The summed E-state index contributed by atoms with van der Waals surface area (Å²) in [5.41, 5.74) is 3.59. The smallest absolute Gasteiger partial charge is 0.275 e. The van der Waals surface area contributed by atoms with Crippen molar-refractivity contribution in [2.75, 3.05) is 64.6 Å². The first-order valence-electron chi connectivity index (χ1n) is 15.3. The minimum atomic E-state index is -1.02. The average molecular weight is 574 g/mol. The fourth-order valence-corrected chi connectivity index (χ4v) is 7.05. The number of para-hydroxylation sites is 1. The molecule has 1 saturated carbocycles. The van der Waals surface area contributed by atoms with Gasteiger partial charge in [0.1, 0.15) is 5.60 Å². The van der Waals surface area contributed by atoms with Crippen molar-refractivity contribution in [3.8, 4) is 11.3 Å². The first-order chi connectivity index (χ1) is 20.6. The molecule has 0 bridgehead atoms. The van der Waals surface area contributed by atoms with E-state index in [4.69, 9.17) is 14.5 Å². The quantitative estimate of drug-likeness (QED) is 0.426. The molecule has 2 aliphatic heterocycles. The summed E-state index contributed by atoms with van der Waals surface area (Å²) in [6.07, 6.45) is 5.93. The summed E-state index contributed by atoms with van der Waals surface area (Å²) in [4.78, 5) is 23.6. The lowest BCUT2D eigenvalue weighted by molar-refractivity contribution is -0.0893. The van der Waals surface area contributed by atoms with Crippen LogP contribution in [0.3, 0.4) is 0 Å². The van der Waals surface area contributed by atoms with E-state index in [2.05, 4.69) is 34.5 Å². The lowest BCUT2D eigenvalue weighted by Crippen LogP contribution is -2.54. The summed E-state index contributed by atoms with van der Waals surface area (Å²) in [5, 5.41) is 15.2. The zero-order chi connectivity index (χ0) is 28.9. The van der Waals surface area contributed by atoms with Gasteiger partial charge in [0.05, 0.1) is 37.9 Å². The molecule has 9 nitrogen and oxygen atoms in total. The fraction of sp³-hybridized carbons (Fsp3) is 0.515. The molecule has 6 rings (SSSR count). The molecular weight excluding hydrogens is 530 g/mol. The van der Waals surface area contributed by atoms with Gasteiger partial charge >= 0.3 is 0 Å². The first kappa shape index (κ1) is 28.9. The van der Waals surface area contributed by atoms with Crippen molar-refractivity contribution >= 4 is 11.6 Å². The van der Waals surface area contributed by atoms with E-state index < -0.39 is 5.60 Å². The van der Waals surface area contributed by atoms with Crippen LogP contribution in [0.4, 0.5) is 5.69 Å². The molecule has 1 amide bonds. The van der Waals surface area contributed by atoms with E-state index in [0.29, 0.717) is 18.7 Å². The van der Waals surface area contributed by atoms with Crippen molar-refractivity contribution < 1.29 is 19.4 Å². The highest BCUT2D eigenvalue weighted by Gasteiger charge is 2.42. The molecule has 0 radical (unpaired) electrons. The van der Waals surface area contributed by atoms with Crippen LogP contribution in [0, 0.1) is 0 Å². The third-order valence-electron chi connectivity index (χ3n) is 9.14. The number of piperazine rings is 1.